The van der Waals surface area contributed by atoms with E-state index in [4.69, 9.17) is 0 Å². The summed E-state index contributed by atoms with van der Waals surface area (Å²) in [5.74, 6) is 0. The van der Waals surface area contributed by atoms with Crippen LogP contribution in [0.4, 0.5) is 0 Å². The van der Waals surface area contributed by atoms with Crippen molar-refractivity contribution in [1.82, 2.24) is 13.7 Å². The Labute approximate surface area is 123 Å². The lowest BCUT2D eigenvalue weighted by molar-refractivity contribution is 0.252. The molecule has 3 nitrogen and oxygen atoms in total. The molecule has 0 atom stereocenters. The average molecular weight is 288 g/mol. The summed E-state index contributed by atoms with van der Waals surface area (Å²) < 4.78 is 8.33. The molecule has 0 heterocycles. The molecule has 0 aromatic carbocycles. The fourth-order valence-electron chi connectivity index (χ4n) is 3.76. The summed E-state index contributed by atoms with van der Waals surface area (Å²) in [6.07, 6.45) is 0. The molecule has 0 radical (unpaired) electrons. The van der Waals surface area contributed by atoms with Crippen molar-refractivity contribution in [3.05, 3.63) is 0 Å². The van der Waals surface area contributed by atoms with E-state index in [0.29, 0.717) is 5.54 Å². The molecule has 0 aliphatic carbocycles. The highest BCUT2D eigenvalue weighted by atomic mass is 28.4. The van der Waals surface area contributed by atoms with Gasteiger partial charge in [-0.2, -0.15) is 0 Å². The minimum Gasteiger partial charge on any atom is -0.300 e. The van der Waals surface area contributed by atoms with Crippen LogP contribution in [-0.4, -0.2) is 61.5 Å². The van der Waals surface area contributed by atoms with Crippen molar-refractivity contribution in [2.75, 3.05) is 39.3 Å². The van der Waals surface area contributed by atoms with Gasteiger partial charge in [0, 0.05) is 0 Å². The highest BCUT2D eigenvalue weighted by Gasteiger charge is 2.50. The largest absolute Gasteiger partial charge is 0.300 e. The first kappa shape index (κ1) is 19.1. The lowest BCUT2D eigenvalue weighted by atomic mass is 10.6. The Morgan fingerprint density at radius 1 is 0.579 bits per heavy atom. The van der Waals surface area contributed by atoms with Gasteiger partial charge < -0.3 is 0 Å². The van der Waals surface area contributed by atoms with Crippen LogP contribution in [0.5, 0.6) is 0 Å². The SMILES string of the molecule is CCN(CC)[Si](C(C)C)(N(CC)CC)N(CC)CC. The lowest BCUT2D eigenvalue weighted by Gasteiger charge is -2.55. The summed E-state index contributed by atoms with van der Waals surface area (Å²) >= 11 is 0. The third kappa shape index (κ3) is 3.60. The van der Waals surface area contributed by atoms with Crippen molar-refractivity contribution in [1.29, 1.82) is 0 Å². The summed E-state index contributed by atoms with van der Waals surface area (Å²) in [4.78, 5) is 0. The van der Waals surface area contributed by atoms with E-state index in [9.17, 15) is 0 Å². The third-order valence-electron chi connectivity index (χ3n) is 4.46. The van der Waals surface area contributed by atoms with Gasteiger partial charge in [-0.25, -0.2) is 0 Å². The number of nitrogens with zero attached hydrogens (tertiary/aromatic N) is 3. The van der Waals surface area contributed by atoms with Crippen LogP contribution in [0.25, 0.3) is 0 Å². The van der Waals surface area contributed by atoms with Crippen LogP contribution in [0, 0.1) is 0 Å². The number of hydrogen-bond donors (Lipinski definition) is 0. The van der Waals surface area contributed by atoms with Crippen molar-refractivity contribution in [3.8, 4) is 0 Å². The molecule has 0 rings (SSSR count). The van der Waals surface area contributed by atoms with E-state index in [-0.39, 0.29) is 0 Å². The van der Waals surface area contributed by atoms with E-state index in [2.05, 4.69) is 69.1 Å². The standard InChI is InChI=1S/C15H37N3Si/c1-9-16(10-2)19(15(7)8,17(11-3)12-4)18(13-5)14-6/h15H,9-14H2,1-8H3. The molecule has 0 aromatic heterocycles. The summed E-state index contributed by atoms with van der Waals surface area (Å²) in [5, 5.41) is 0. The van der Waals surface area contributed by atoms with Crippen LogP contribution in [0.1, 0.15) is 55.4 Å². The van der Waals surface area contributed by atoms with Crippen LogP contribution in [0.3, 0.4) is 0 Å². The molecular weight excluding hydrogens is 250 g/mol. The summed E-state index contributed by atoms with van der Waals surface area (Å²) in [5.41, 5.74) is 0.715. The van der Waals surface area contributed by atoms with Gasteiger partial charge >= 0.3 is 0 Å². The average Bonchev–Trinajstić information content (AvgIpc) is 2.41. The maximum absolute atomic E-state index is 2.78. The molecule has 0 fully saturated rings. The summed E-state index contributed by atoms with van der Waals surface area (Å²) in [6, 6.07) is 0. The Kier molecular flexibility index (Phi) is 9.16. The Morgan fingerprint density at radius 2 is 0.789 bits per heavy atom. The zero-order valence-electron chi connectivity index (χ0n) is 14.7. The topological polar surface area (TPSA) is 9.72 Å². The number of rotatable bonds is 10. The summed E-state index contributed by atoms with van der Waals surface area (Å²) in [6.45, 7) is 25.7. The van der Waals surface area contributed by atoms with Crippen LogP contribution < -0.4 is 0 Å². The van der Waals surface area contributed by atoms with Crippen LogP contribution in [-0.2, 0) is 0 Å². The normalized spacial score (nSPS) is 13.3. The van der Waals surface area contributed by atoms with E-state index in [0.717, 1.165) is 39.3 Å². The van der Waals surface area contributed by atoms with Gasteiger partial charge in [0.1, 0.15) is 0 Å². The minimum absolute atomic E-state index is 0.715. The van der Waals surface area contributed by atoms with Gasteiger partial charge in [0.05, 0.1) is 0 Å². The van der Waals surface area contributed by atoms with E-state index < -0.39 is 8.56 Å². The van der Waals surface area contributed by atoms with Gasteiger partial charge in [-0.05, 0) is 44.8 Å². The predicted molar refractivity (Wildman–Crippen MR) is 89.6 cm³/mol. The molecule has 0 aliphatic heterocycles. The molecular formula is C15H37N3Si. The predicted octanol–water partition coefficient (Wildman–Crippen LogP) is 3.36. The van der Waals surface area contributed by atoms with Crippen molar-refractivity contribution >= 4 is 8.56 Å². The van der Waals surface area contributed by atoms with Crippen molar-refractivity contribution in [2.45, 2.75) is 60.9 Å². The molecule has 4 heteroatoms. The lowest BCUT2D eigenvalue weighted by Crippen LogP contribution is -2.76. The molecule has 0 bridgehead atoms. The highest BCUT2D eigenvalue weighted by Crippen LogP contribution is 2.31. The molecule has 0 amide bonds. The molecule has 0 spiro atoms. The maximum atomic E-state index is 2.78. The smallest absolute Gasteiger partial charge is 0.292 e. The Morgan fingerprint density at radius 3 is 0.895 bits per heavy atom. The monoisotopic (exact) mass is 287 g/mol. The number of hydrogen-bond acceptors (Lipinski definition) is 3. The van der Waals surface area contributed by atoms with Gasteiger partial charge in [-0.3, -0.25) is 13.7 Å². The Balaban J connectivity index is 5.84. The van der Waals surface area contributed by atoms with E-state index in [1.54, 1.807) is 0 Å². The molecule has 0 aliphatic rings. The van der Waals surface area contributed by atoms with Crippen LogP contribution >= 0.6 is 0 Å². The Hall–Kier alpha value is 0.0969. The molecule has 116 valence electrons. The van der Waals surface area contributed by atoms with E-state index in [1.165, 1.54) is 0 Å². The van der Waals surface area contributed by atoms with Crippen molar-refractivity contribution < 1.29 is 0 Å². The molecule has 0 saturated heterocycles. The fraction of sp³-hybridized carbons (Fsp3) is 1.00. The first-order chi connectivity index (χ1) is 9.00. The van der Waals surface area contributed by atoms with Crippen LogP contribution in [0.2, 0.25) is 5.54 Å². The Bertz CT molecular complexity index is 190. The van der Waals surface area contributed by atoms with Gasteiger partial charge in [-0.1, -0.05) is 55.4 Å². The van der Waals surface area contributed by atoms with Gasteiger partial charge in [0.15, 0.2) is 0 Å². The maximum Gasteiger partial charge on any atom is 0.292 e. The minimum atomic E-state index is -1.76. The van der Waals surface area contributed by atoms with E-state index in [1.807, 2.05) is 0 Å². The van der Waals surface area contributed by atoms with Gasteiger partial charge in [0.25, 0.3) is 8.56 Å². The van der Waals surface area contributed by atoms with E-state index >= 15 is 0 Å². The van der Waals surface area contributed by atoms with Crippen molar-refractivity contribution in [3.63, 3.8) is 0 Å². The quantitative estimate of drug-likeness (QED) is 0.571. The first-order valence-corrected chi connectivity index (χ1v) is 10.2. The van der Waals surface area contributed by atoms with Gasteiger partial charge in [0.2, 0.25) is 0 Å². The second kappa shape index (κ2) is 9.11. The molecule has 0 aromatic rings. The first-order valence-electron chi connectivity index (χ1n) is 8.25. The second-order valence-electron chi connectivity index (χ2n) is 5.36. The molecule has 0 N–H and O–H groups in total. The zero-order valence-corrected chi connectivity index (χ0v) is 15.7. The molecule has 19 heavy (non-hydrogen) atoms. The summed E-state index contributed by atoms with van der Waals surface area (Å²) in [7, 11) is -1.76. The molecule has 0 saturated carbocycles. The molecule has 0 unspecified atom stereocenters. The fourth-order valence-corrected chi connectivity index (χ4v) is 9.95. The van der Waals surface area contributed by atoms with Gasteiger partial charge in [-0.15, -0.1) is 0 Å². The zero-order chi connectivity index (χ0) is 15.1. The van der Waals surface area contributed by atoms with Crippen molar-refractivity contribution in [2.24, 2.45) is 0 Å². The second-order valence-corrected chi connectivity index (χ2v) is 9.79. The third-order valence-corrected chi connectivity index (χ3v) is 10.7. The highest BCUT2D eigenvalue weighted by molar-refractivity contribution is 6.73. The van der Waals surface area contributed by atoms with Crippen LogP contribution in [0.15, 0.2) is 0 Å².